The molecule has 2 rings (SSSR count). The van der Waals surface area contributed by atoms with Gasteiger partial charge in [0.25, 0.3) is 5.91 Å². The summed E-state index contributed by atoms with van der Waals surface area (Å²) in [5.74, 6) is 1.01. The summed E-state index contributed by atoms with van der Waals surface area (Å²) >= 11 is 1.85. The molecule has 1 N–H and O–H groups in total. The van der Waals surface area contributed by atoms with Gasteiger partial charge in [0.05, 0.1) is 5.56 Å². The lowest BCUT2D eigenvalue weighted by molar-refractivity contribution is 0.101. The van der Waals surface area contributed by atoms with Gasteiger partial charge in [0.2, 0.25) is 0 Å². The highest BCUT2D eigenvalue weighted by atomic mass is 32.2. The molecule has 27 heavy (non-hydrogen) atoms. The lowest BCUT2D eigenvalue weighted by atomic mass is 10.1. The van der Waals surface area contributed by atoms with E-state index in [4.69, 9.17) is 0 Å². The van der Waals surface area contributed by atoms with Crippen molar-refractivity contribution in [3.8, 4) is 0 Å². The van der Waals surface area contributed by atoms with Crippen LogP contribution in [0.15, 0.2) is 28.1 Å². The predicted molar refractivity (Wildman–Crippen MR) is 117 cm³/mol. The average molecular weight is 390 g/mol. The molecule has 0 saturated carbocycles. The van der Waals surface area contributed by atoms with Gasteiger partial charge in [0.1, 0.15) is 0 Å². The van der Waals surface area contributed by atoms with Crippen molar-refractivity contribution in [3.05, 3.63) is 29.3 Å². The van der Waals surface area contributed by atoms with Crippen molar-refractivity contribution in [2.45, 2.75) is 57.3 Å². The minimum atomic E-state index is -0.102. The van der Waals surface area contributed by atoms with Crippen LogP contribution in [0.25, 0.3) is 0 Å². The second-order valence-electron chi connectivity index (χ2n) is 7.03. The van der Waals surface area contributed by atoms with Crippen LogP contribution >= 0.6 is 11.8 Å². The van der Waals surface area contributed by atoms with E-state index in [2.05, 4.69) is 35.1 Å². The van der Waals surface area contributed by atoms with Gasteiger partial charge in [0.15, 0.2) is 0 Å². The van der Waals surface area contributed by atoms with Gasteiger partial charge in [-0.1, -0.05) is 45.6 Å². The summed E-state index contributed by atoms with van der Waals surface area (Å²) in [5.41, 5.74) is 1.77. The van der Waals surface area contributed by atoms with E-state index in [0.717, 1.165) is 49.6 Å². The Hall–Kier alpha value is -1.17. The third kappa shape index (κ3) is 7.76. The monoisotopic (exact) mass is 389 g/mol. The van der Waals surface area contributed by atoms with E-state index in [1.54, 1.807) is 6.21 Å². The number of hydrogen-bond acceptors (Lipinski definition) is 4. The molecule has 0 bridgehead atoms. The molecule has 1 aliphatic rings. The number of aliphatic imine (C=N–C) groups is 1. The largest absolute Gasteiger partial charge is 0.315 e. The fraction of sp³-hybridized carbons (Fsp3) is 0.636. The molecule has 4 nitrogen and oxygen atoms in total. The van der Waals surface area contributed by atoms with Crippen molar-refractivity contribution in [2.24, 2.45) is 4.99 Å². The number of nitrogens with one attached hydrogen (secondary N) is 1. The van der Waals surface area contributed by atoms with E-state index in [9.17, 15) is 4.79 Å². The van der Waals surface area contributed by atoms with Gasteiger partial charge in [-0.15, -0.1) is 11.8 Å². The molecule has 1 heterocycles. The lowest BCUT2D eigenvalue weighted by Crippen LogP contribution is -2.32. The van der Waals surface area contributed by atoms with Crippen LogP contribution in [0.4, 0.5) is 0 Å². The maximum absolute atomic E-state index is 11.6. The highest BCUT2D eigenvalue weighted by Gasteiger charge is 2.17. The zero-order chi connectivity index (χ0) is 19.3. The van der Waals surface area contributed by atoms with Crippen molar-refractivity contribution in [1.82, 2.24) is 10.2 Å². The molecule has 1 aromatic rings. The highest BCUT2D eigenvalue weighted by molar-refractivity contribution is 7.99. The summed E-state index contributed by atoms with van der Waals surface area (Å²) in [4.78, 5) is 19.2. The summed E-state index contributed by atoms with van der Waals surface area (Å²) in [7, 11) is 0. The standard InChI is InChI=1S/C22H35N3OS/c1-3-25(4-2)16-15-23-14-9-7-5-6-8-10-17-27-21-13-11-12-19-20(21)18-24-22(19)26/h11-13,18,23H,3-10,14-17H2,1-2H3. The molecule has 0 radical (unpaired) electrons. The molecule has 0 aliphatic carbocycles. The number of rotatable bonds is 15. The topological polar surface area (TPSA) is 44.7 Å². The number of benzene rings is 1. The SMILES string of the molecule is CCN(CC)CCNCCCCCCCCSc1cccc2c1C=NC2=O. The molecule has 0 aromatic heterocycles. The zero-order valence-electron chi connectivity index (χ0n) is 17.0. The van der Waals surface area contributed by atoms with Crippen molar-refractivity contribution in [1.29, 1.82) is 0 Å². The van der Waals surface area contributed by atoms with Crippen molar-refractivity contribution >= 4 is 23.9 Å². The molecule has 5 heteroatoms. The minimum Gasteiger partial charge on any atom is -0.315 e. The number of nitrogens with zero attached hydrogens (tertiary/aromatic N) is 2. The van der Waals surface area contributed by atoms with Crippen molar-refractivity contribution < 1.29 is 4.79 Å². The first-order valence-electron chi connectivity index (χ1n) is 10.5. The maximum Gasteiger partial charge on any atom is 0.277 e. The Bertz CT molecular complexity index is 599. The molecule has 1 aliphatic heterocycles. The summed E-state index contributed by atoms with van der Waals surface area (Å²) in [6, 6.07) is 5.93. The number of thioether (sulfide) groups is 1. The van der Waals surface area contributed by atoms with Crippen LogP contribution in [0.2, 0.25) is 0 Å². The van der Waals surface area contributed by atoms with Gasteiger partial charge < -0.3 is 10.2 Å². The Morgan fingerprint density at radius 3 is 2.52 bits per heavy atom. The number of likely N-dealkylation sites (N-methyl/N-ethyl adjacent to an activating group) is 1. The fourth-order valence-electron chi connectivity index (χ4n) is 3.33. The molecule has 1 amide bonds. The number of carbonyl (C=O) groups is 1. The summed E-state index contributed by atoms with van der Waals surface area (Å²) in [6.45, 7) is 10.2. The zero-order valence-corrected chi connectivity index (χ0v) is 17.8. The van der Waals surface area contributed by atoms with Gasteiger partial charge in [-0.05, 0) is 50.4 Å². The van der Waals surface area contributed by atoms with E-state index in [1.165, 1.54) is 43.4 Å². The molecular weight excluding hydrogens is 354 g/mol. The first-order chi connectivity index (χ1) is 13.3. The highest BCUT2D eigenvalue weighted by Crippen LogP contribution is 2.28. The van der Waals surface area contributed by atoms with E-state index < -0.39 is 0 Å². The Morgan fingerprint density at radius 1 is 1.00 bits per heavy atom. The second-order valence-corrected chi connectivity index (χ2v) is 8.16. The summed E-state index contributed by atoms with van der Waals surface area (Å²) in [6.07, 6.45) is 9.53. The lowest BCUT2D eigenvalue weighted by Gasteiger charge is -2.17. The first kappa shape index (κ1) is 22.1. The molecule has 150 valence electrons. The Labute approximate surface area is 169 Å². The molecule has 0 saturated heterocycles. The van der Waals surface area contributed by atoms with E-state index in [-0.39, 0.29) is 5.91 Å². The minimum absolute atomic E-state index is 0.102. The predicted octanol–water partition coefficient (Wildman–Crippen LogP) is 4.62. The van der Waals surface area contributed by atoms with Crippen molar-refractivity contribution in [2.75, 3.05) is 38.5 Å². The van der Waals surface area contributed by atoms with Gasteiger partial charge in [-0.3, -0.25) is 4.79 Å². The third-order valence-corrected chi connectivity index (χ3v) is 6.27. The molecule has 0 spiro atoms. The normalized spacial score (nSPS) is 12.9. The number of hydrogen-bond donors (Lipinski definition) is 1. The van der Waals surface area contributed by atoms with Crippen LogP contribution in [0.3, 0.4) is 0 Å². The third-order valence-electron chi connectivity index (χ3n) is 5.11. The van der Waals surface area contributed by atoms with Crippen LogP contribution in [0.5, 0.6) is 0 Å². The van der Waals surface area contributed by atoms with Crippen LogP contribution in [-0.2, 0) is 0 Å². The number of amides is 1. The Balaban J connectivity index is 1.43. The van der Waals surface area contributed by atoms with Gasteiger partial charge in [0, 0.05) is 29.8 Å². The maximum atomic E-state index is 11.6. The van der Waals surface area contributed by atoms with Crippen LogP contribution < -0.4 is 5.32 Å². The average Bonchev–Trinajstić information content (AvgIpc) is 3.07. The van der Waals surface area contributed by atoms with Gasteiger partial charge >= 0.3 is 0 Å². The fourth-order valence-corrected chi connectivity index (χ4v) is 4.39. The second kappa shape index (κ2) is 13.1. The van der Waals surface area contributed by atoms with Crippen LogP contribution in [0.1, 0.15) is 68.3 Å². The molecular formula is C22H35N3OS. The van der Waals surface area contributed by atoms with Crippen LogP contribution in [-0.4, -0.2) is 55.5 Å². The Kier molecular flexibility index (Phi) is 10.7. The number of carbonyl (C=O) groups excluding carboxylic acids is 1. The van der Waals surface area contributed by atoms with Gasteiger partial charge in [-0.25, -0.2) is 4.99 Å². The van der Waals surface area contributed by atoms with E-state index >= 15 is 0 Å². The van der Waals surface area contributed by atoms with E-state index in [1.807, 2.05) is 23.9 Å². The number of unbranched alkanes of at least 4 members (excludes halogenated alkanes) is 5. The molecule has 0 atom stereocenters. The number of fused-ring (bicyclic) bond motifs is 1. The van der Waals surface area contributed by atoms with E-state index in [0.29, 0.717) is 0 Å². The van der Waals surface area contributed by atoms with Crippen LogP contribution in [0, 0.1) is 0 Å². The molecule has 0 unspecified atom stereocenters. The smallest absolute Gasteiger partial charge is 0.277 e. The quantitative estimate of drug-likeness (QED) is 0.351. The summed E-state index contributed by atoms with van der Waals surface area (Å²) in [5, 5.41) is 3.56. The van der Waals surface area contributed by atoms with Crippen molar-refractivity contribution in [3.63, 3.8) is 0 Å². The first-order valence-corrected chi connectivity index (χ1v) is 11.5. The Morgan fingerprint density at radius 2 is 1.74 bits per heavy atom. The molecule has 0 fully saturated rings. The summed E-state index contributed by atoms with van der Waals surface area (Å²) < 4.78 is 0. The molecule has 1 aromatic carbocycles. The van der Waals surface area contributed by atoms with Gasteiger partial charge in [-0.2, -0.15) is 0 Å².